The minimum Gasteiger partial charge on any atom is -0.367 e. The van der Waals surface area contributed by atoms with Gasteiger partial charge in [0.1, 0.15) is 5.60 Å². The summed E-state index contributed by atoms with van der Waals surface area (Å²) in [7, 11) is 0. The summed E-state index contributed by atoms with van der Waals surface area (Å²) < 4.78 is 11.0. The molecule has 0 spiro atoms. The Bertz CT molecular complexity index is 576. The molecule has 1 aliphatic rings. The van der Waals surface area contributed by atoms with Gasteiger partial charge in [0.05, 0.1) is 6.04 Å². The molecule has 2 heterocycles. The maximum Gasteiger partial charge on any atom is 0.243 e. The molecule has 1 aromatic carbocycles. The number of benzene rings is 1. The monoisotopic (exact) mass is 287 g/mol. The molecule has 112 valence electrons. The second-order valence-corrected chi connectivity index (χ2v) is 5.77. The molecule has 5 nitrogen and oxygen atoms in total. The molecule has 0 aliphatic carbocycles. The van der Waals surface area contributed by atoms with Crippen LogP contribution < -0.4 is 5.73 Å². The highest BCUT2D eigenvalue weighted by molar-refractivity contribution is 5.15. The average molecular weight is 287 g/mol. The predicted octanol–water partition coefficient (Wildman–Crippen LogP) is 2.73. The average Bonchev–Trinajstić information content (AvgIpc) is 3.16. The summed E-state index contributed by atoms with van der Waals surface area (Å²) in [4.78, 5) is 4.45. The van der Waals surface area contributed by atoms with E-state index in [0.29, 0.717) is 11.7 Å². The molecular weight excluding hydrogens is 266 g/mol. The number of rotatable bonds is 5. The zero-order chi connectivity index (χ0) is 14.7. The van der Waals surface area contributed by atoms with E-state index < -0.39 is 5.60 Å². The molecule has 1 fully saturated rings. The van der Waals surface area contributed by atoms with Crippen molar-refractivity contribution in [2.45, 2.75) is 44.2 Å². The molecule has 2 N–H and O–H groups in total. The Balaban J connectivity index is 1.63. The number of nitrogens with zero attached hydrogens (tertiary/aromatic N) is 2. The zero-order valence-corrected chi connectivity index (χ0v) is 12.3. The van der Waals surface area contributed by atoms with Crippen molar-refractivity contribution >= 4 is 0 Å². The van der Waals surface area contributed by atoms with Crippen LogP contribution in [0.3, 0.4) is 0 Å². The van der Waals surface area contributed by atoms with Crippen LogP contribution >= 0.6 is 0 Å². The predicted molar refractivity (Wildman–Crippen MR) is 78.5 cm³/mol. The molecule has 21 heavy (non-hydrogen) atoms. The van der Waals surface area contributed by atoms with Gasteiger partial charge < -0.3 is 15.0 Å². The van der Waals surface area contributed by atoms with E-state index in [2.05, 4.69) is 22.3 Å². The Labute approximate surface area is 124 Å². The molecule has 2 unspecified atom stereocenters. The molecule has 2 aromatic rings. The second kappa shape index (κ2) is 5.95. The molecule has 1 aromatic heterocycles. The van der Waals surface area contributed by atoms with E-state index >= 15 is 0 Å². The minimum absolute atomic E-state index is 0.239. The summed E-state index contributed by atoms with van der Waals surface area (Å²) in [5.41, 5.74) is 7.01. The number of aryl methyl sites for hydroxylation is 1. The van der Waals surface area contributed by atoms with E-state index in [1.165, 1.54) is 5.56 Å². The molecular formula is C16H21N3O2. The van der Waals surface area contributed by atoms with Crippen molar-refractivity contribution in [2.24, 2.45) is 5.73 Å². The minimum atomic E-state index is -0.416. The summed E-state index contributed by atoms with van der Waals surface area (Å²) in [6, 6.07) is 10.0. The van der Waals surface area contributed by atoms with Crippen LogP contribution in [0.4, 0.5) is 0 Å². The van der Waals surface area contributed by atoms with Gasteiger partial charge >= 0.3 is 0 Å². The molecule has 0 saturated carbocycles. The van der Waals surface area contributed by atoms with Gasteiger partial charge in [0.25, 0.3) is 0 Å². The quantitative estimate of drug-likeness (QED) is 0.915. The van der Waals surface area contributed by atoms with Gasteiger partial charge in [-0.15, -0.1) is 0 Å². The molecule has 0 amide bonds. The normalized spacial score (nSPS) is 23.3. The smallest absolute Gasteiger partial charge is 0.243 e. The lowest BCUT2D eigenvalue weighted by molar-refractivity contribution is 0.00768. The third kappa shape index (κ3) is 3.14. The van der Waals surface area contributed by atoms with Gasteiger partial charge in [-0.3, -0.25) is 0 Å². The maximum atomic E-state index is 6.16. The molecule has 0 radical (unpaired) electrons. The van der Waals surface area contributed by atoms with Crippen molar-refractivity contribution in [2.75, 3.05) is 6.61 Å². The number of aromatic nitrogens is 2. The van der Waals surface area contributed by atoms with Crippen LogP contribution in [0.25, 0.3) is 0 Å². The Morgan fingerprint density at radius 2 is 2.14 bits per heavy atom. The fourth-order valence-corrected chi connectivity index (χ4v) is 2.65. The van der Waals surface area contributed by atoms with Crippen molar-refractivity contribution in [1.29, 1.82) is 0 Å². The standard InChI is InChI=1S/C16H21N3O2/c1-16(10-5-11-20-16)15-18-14(21-19-15)13(17)9-8-12-6-3-2-4-7-12/h2-4,6-7,13H,5,8-11,17H2,1H3. The molecule has 2 atom stereocenters. The highest BCUT2D eigenvalue weighted by Gasteiger charge is 2.37. The fourth-order valence-electron chi connectivity index (χ4n) is 2.65. The Hall–Kier alpha value is -1.72. The van der Waals surface area contributed by atoms with Gasteiger partial charge in [-0.05, 0) is 38.2 Å². The first-order valence-corrected chi connectivity index (χ1v) is 7.45. The third-order valence-corrected chi connectivity index (χ3v) is 4.04. The first kappa shape index (κ1) is 14.2. The van der Waals surface area contributed by atoms with Crippen LogP contribution in [-0.2, 0) is 16.8 Å². The zero-order valence-electron chi connectivity index (χ0n) is 12.3. The Kier molecular flexibility index (Phi) is 4.03. The number of hydrogen-bond acceptors (Lipinski definition) is 5. The summed E-state index contributed by atoms with van der Waals surface area (Å²) >= 11 is 0. The van der Waals surface area contributed by atoms with Crippen molar-refractivity contribution in [3.05, 3.63) is 47.6 Å². The van der Waals surface area contributed by atoms with E-state index in [0.717, 1.165) is 32.3 Å². The Morgan fingerprint density at radius 1 is 1.33 bits per heavy atom. The maximum absolute atomic E-state index is 6.16. The van der Waals surface area contributed by atoms with Crippen LogP contribution in [0.15, 0.2) is 34.9 Å². The van der Waals surface area contributed by atoms with Crippen LogP contribution in [0, 0.1) is 0 Å². The van der Waals surface area contributed by atoms with Crippen LogP contribution in [0.1, 0.15) is 49.5 Å². The van der Waals surface area contributed by atoms with Crippen molar-refractivity contribution in [1.82, 2.24) is 10.1 Å². The lowest BCUT2D eigenvalue weighted by Crippen LogP contribution is -2.22. The van der Waals surface area contributed by atoms with Crippen LogP contribution in [0.5, 0.6) is 0 Å². The lowest BCUT2D eigenvalue weighted by atomic mass is 10.0. The highest BCUT2D eigenvalue weighted by atomic mass is 16.5. The van der Waals surface area contributed by atoms with Crippen molar-refractivity contribution in [3.63, 3.8) is 0 Å². The van der Waals surface area contributed by atoms with Gasteiger partial charge in [0, 0.05) is 6.61 Å². The molecule has 0 bridgehead atoms. The van der Waals surface area contributed by atoms with Crippen molar-refractivity contribution in [3.8, 4) is 0 Å². The topological polar surface area (TPSA) is 74.2 Å². The number of ether oxygens (including phenoxy) is 1. The fraction of sp³-hybridized carbons (Fsp3) is 0.500. The first-order chi connectivity index (χ1) is 10.2. The van der Waals surface area contributed by atoms with E-state index in [9.17, 15) is 0 Å². The number of hydrogen-bond donors (Lipinski definition) is 1. The first-order valence-electron chi connectivity index (χ1n) is 7.45. The van der Waals surface area contributed by atoms with E-state index in [1.807, 2.05) is 25.1 Å². The van der Waals surface area contributed by atoms with Crippen LogP contribution in [-0.4, -0.2) is 16.7 Å². The van der Waals surface area contributed by atoms with E-state index in [-0.39, 0.29) is 6.04 Å². The molecule has 1 saturated heterocycles. The summed E-state index contributed by atoms with van der Waals surface area (Å²) in [6.07, 6.45) is 3.63. The lowest BCUT2D eigenvalue weighted by Gasteiger charge is -2.17. The molecule has 5 heteroatoms. The largest absolute Gasteiger partial charge is 0.367 e. The third-order valence-electron chi connectivity index (χ3n) is 4.04. The summed E-state index contributed by atoms with van der Waals surface area (Å²) in [5.74, 6) is 1.11. The highest BCUT2D eigenvalue weighted by Crippen LogP contribution is 2.34. The summed E-state index contributed by atoms with van der Waals surface area (Å²) in [6.45, 7) is 2.75. The summed E-state index contributed by atoms with van der Waals surface area (Å²) in [5, 5.41) is 4.05. The molecule has 3 rings (SSSR count). The van der Waals surface area contributed by atoms with Gasteiger partial charge in [0.15, 0.2) is 0 Å². The Morgan fingerprint density at radius 3 is 2.86 bits per heavy atom. The van der Waals surface area contributed by atoms with Crippen molar-refractivity contribution < 1.29 is 9.26 Å². The van der Waals surface area contributed by atoms with E-state index in [1.54, 1.807) is 0 Å². The van der Waals surface area contributed by atoms with Gasteiger partial charge in [-0.1, -0.05) is 35.5 Å². The number of nitrogens with two attached hydrogens (primary N) is 1. The van der Waals surface area contributed by atoms with Gasteiger partial charge in [0.2, 0.25) is 11.7 Å². The van der Waals surface area contributed by atoms with Crippen LogP contribution in [0.2, 0.25) is 0 Å². The molecule has 1 aliphatic heterocycles. The van der Waals surface area contributed by atoms with Gasteiger partial charge in [-0.2, -0.15) is 4.98 Å². The van der Waals surface area contributed by atoms with E-state index in [4.69, 9.17) is 15.0 Å². The SMILES string of the molecule is CC1(c2noc(C(N)CCc3ccccc3)n2)CCCO1. The second-order valence-electron chi connectivity index (χ2n) is 5.77. The van der Waals surface area contributed by atoms with Gasteiger partial charge in [-0.25, -0.2) is 0 Å².